The first-order valence-electron chi connectivity index (χ1n) is 12.0. The second-order valence-electron chi connectivity index (χ2n) is 9.20. The lowest BCUT2D eigenvalue weighted by Crippen LogP contribution is -2.38. The van der Waals surface area contributed by atoms with E-state index in [1.54, 1.807) is 18.2 Å². The molecule has 1 amide bonds. The Morgan fingerprint density at radius 1 is 1.19 bits per heavy atom. The van der Waals surface area contributed by atoms with E-state index in [0.717, 1.165) is 19.3 Å². The van der Waals surface area contributed by atoms with Crippen LogP contribution in [0.3, 0.4) is 0 Å². The molecule has 3 heterocycles. The second kappa shape index (κ2) is 11.2. The molecule has 0 atom stereocenters. The third-order valence-electron chi connectivity index (χ3n) is 6.09. The summed E-state index contributed by atoms with van der Waals surface area (Å²) >= 11 is 6.30. The Balaban J connectivity index is 1.95. The number of fused-ring (bicyclic) bond motifs is 1. The number of carbonyl (C=O) groups excluding carboxylic acids is 1. The third kappa shape index (κ3) is 5.41. The number of ether oxygens (including phenoxy) is 2. The van der Waals surface area contributed by atoms with Crippen molar-refractivity contribution in [2.45, 2.75) is 39.7 Å². The molecule has 1 N–H and O–H groups in total. The average Bonchev–Trinajstić information content (AvgIpc) is 2.87. The van der Waals surface area contributed by atoms with Crippen molar-refractivity contribution < 1.29 is 18.7 Å². The summed E-state index contributed by atoms with van der Waals surface area (Å²) in [5, 5.41) is 3.00. The molecule has 1 aliphatic rings. The molecule has 192 valence electrons. The van der Waals surface area contributed by atoms with Crippen LogP contribution in [0.15, 0.2) is 35.1 Å². The SMILES string of the molecule is COc1ccc2c(n1)c(NC(=O)OCC(C)C)c(N1CCCCC1)c(=O)n2Cc1c(F)cccc1Cl. The number of halogens is 2. The van der Waals surface area contributed by atoms with Crippen LogP contribution in [0.5, 0.6) is 5.88 Å². The van der Waals surface area contributed by atoms with Crippen LogP contribution in [0.2, 0.25) is 5.02 Å². The van der Waals surface area contributed by atoms with Gasteiger partial charge in [0.05, 0.1) is 25.8 Å². The molecule has 10 heteroatoms. The van der Waals surface area contributed by atoms with Crippen LogP contribution in [0.25, 0.3) is 11.0 Å². The first-order valence-corrected chi connectivity index (χ1v) is 12.4. The van der Waals surface area contributed by atoms with Crippen molar-refractivity contribution in [2.24, 2.45) is 5.92 Å². The summed E-state index contributed by atoms with van der Waals surface area (Å²) in [5.74, 6) is -0.0615. The molecule has 8 nitrogen and oxygen atoms in total. The topological polar surface area (TPSA) is 85.7 Å². The van der Waals surface area contributed by atoms with Gasteiger partial charge in [-0.2, -0.15) is 0 Å². The summed E-state index contributed by atoms with van der Waals surface area (Å²) in [6, 6.07) is 7.69. The summed E-state index contributed by atoms with van der Waals surface area (Å²) in [4.78, 5) is 33.3. The number of amides is 1. The molecule has 0 unspecified atom stereocenters. The molecule has 0 bridgehead atoms. The van der Waals surface area contributed by atoms with Gasteiger partial charge < -0.3 is 18.9 Å². The number of pyridine rings is 2. The van der Waals surface area contributed by atoms with E-state index in [9.17, 15) is 14.0 Å². The number of nitrogens with zero attached hydrogens (tertiary/aromatic N) is 3. The number of hydrogen-bond acceptors (Lipinski definition) is 6. The lowest BCUT2D eigenvalue weighted by molar-refractivity contribution is 0.147. The van der Waals surface area contributed by atoms with E-state index in [0.29, 0.717) is 30.0 Å². The van der Waals surface area contributed by atoms with Crippen LogP contribution < -0.4 is 20.5 Å². The summed E-state index contributed by atoms with van der Waals surface area (Å²) in [5.41, 5.74) is 1.09. The Hall–Kier alpha value is -3.33. The van der Waals surface area contributed by atoms with Gasteiger partial charge in [-0.25, -0.2) is 14.2 Å². The van der Waals surface area contributed by atoms with Crippen LogP contribution in [-0.4, -0.2) is 42.5 Å². The normalized spacial score (nSPS) is 13.8. The summed E-state index contributed by atoms with van der Waals surface area (Å²) < 4.78 is 26.9. The van der Waals surface area contributed by atoms with Crippen molar-refractivity contribution in [1.82, 2.24) is 9.55 Å². The van der Waals surface area contributed by atoms with Gasteiger partial charge in [0.1, 0.15) is 22.7 Å². The van der Waals surface area contributed by atoms with E-state index < -0.39 is 11.9 Å². The maximum absolute atomic E-state index is 14.7. The molecule has 0 spiro atoms. The fraction of sp³-hybridized carbons (Fsp3) is 0.423. The molecule has 1 saturated heterocycles. The van der Waals surface area contributed by atoms with Crippen LogP contribution in [0, 0.1) is 11.7 Å². The molecular formula is C26H30ClFN4O4. The van der Waals surface area contributed by atoms with Gasteiger partial charge in [-0.15, -0.1) is 0 Å². The molecule has 1 aliphatic heterocycles. The highest BCUT2D eigenvalue weighted by atomic mass is 35.5. The van der Waals surface area contributed by atoms with Crippen molar-refractivity contribution in [3.05, 3.63) is 57.1 Å². The van der Waals surface area contributed by atoms with E-state index in [2.05, 4.69) is 10.3 Å². The van der Waals surface area contributed by atoms with E-state index in [1.807, 2.05) is 18.7 Å². The number of hydrogen-bond donors (Lipinski definition) is 1. The number of carbonyl (C=O) groups is 1. The largest absolute Gasteiger partial charge is 0.481 e. The summed E-state index contributed by atoms with van der Waals surface area (Å²) in [7, 11) is 1.48. The van der Waals surface area contributed by atoms with Crippen molar-refractivity contribution in [2.75, 3.05) is 37.0 Å². The molecule has 2 aromatic heterocycles. The molecule has 4 rings (SSSR count). The molecule has 0 aliphatic carbocycles. The van der Waals surface area contributed by atoms with Crippen molar-refractivity contribution >= 4 is 40.1 Å². The van der Waals surface area contributed by atoms with Gasteiger partial charge in [0.15, 0.2) is 0 Å². The zero-order valence-corrected chi connectivity index (χ0v) is 21.4. The molecule has 36 heavy (non-hydrogen) atoms. The number of benzene rings is 1. The lowest BCUT2D eigenvalue weighted by atomic mass is 10.1. The van der Waals surface area contributed by atoms with Gasteiger partial charge in [0, 0.05) is 29.7 Å². The second-order valence-corrected chi connectivity index (χ2v) is 9.61. The van der Waals surface area contributed by atoms with E-state index in [1.165, 1.54) is 23.8 Å². The van der Waals surface area contributed by atoms with Crippen LogP contribution >= 0.6 is 11.6 Å². The maximum atomic E-state index is 14.7. The first kappa shape index (κ1) is 25.8. The first-order chi connectivity index (χ1) is 17.3. The van der Waals surface area contributed by atoms with E-state index in [4.69, 9.17) is 21.1 Å². The van der Waals surface area contributed by atoms with Gasteiger partial charge >= 0.3 is 6.09 Å². The highest BCUT2D eigenvalue weighted by Gasteiger charge is 2.26. The molecule has 1 aromatic carbocycles. The highest BCUT2D eigenvalue weighted by molar-refractivity contribution is 6.31. The number of aromatic nitrogens is 2. The highest BCUT2D eigenvalue weighted by Crippen LogP contribution is 2.34. The minimum atomic E-state index is -0.679. The summed E-state index contributed by atoms with van der Waals surface area (Å²) in [6.07, 6.45) is 2.18. The Labute approximate surface area is 214 Å². The quantitative estimate of drug-likeness (QED) is 0.450. The summed E-state index contributed by atoms with van der Waals surface area (Å²) in [6.45, 7) is 5.27. The van der Waals surface area contributed by atoms with Gasteiger partial charge in [-0.3, -0.25) is 10.1 Å². The zero-order chi connectivity index (χ0) is 25.8. The molecule has 0 saturated carbocycles. The Morgan fingerprint density at radius 2 is 1.94 bits per heavy atom. The fourth-order valence-corrected chi connectivity index (χ4v) is 4.54. The standard InChI is InChI=1S/C26H30ClFN4O4/c1-16(2)15-36-26(34)30-23-22-20(10-11-21(29-22)35-3)32(14-17-18(27)8-7-9-19(17)28)25(33)24(23)31-12-5-4-6-13-31/h7-11,16H,4-6,12-15H2,1-3H3,(H,30,34). The zero-order valence-electron chi connectivity index (χ0n) is 20.6. The average molecular weight is 517 g/mol. The number of methoxy groups -OCH3 is 1. The van der Waals surface area contributed by atoms with Gasteiger partial charge in [0.25, 0.3) is 5.56 Å². The van der Waals surface area contributed by atoms with Crippen molar-refractivity contribution in [3.8, 4) is 5.88 Å². The maximum Gasteiger partial charge on any atom is 0.411 e. The minimum absolute atomic E-state index is 0.103. The number of nitrogens with one attached hydrogen (secondary N) is 1. The van der Waals surface area contributed by atoms with Crippen molar-refractivity contribution in [3.63, 3.8) is 0 Å². The van der Waals surface area contributed by atoms with Gasteiger partial charge in [-0.05, 0) is 43.4 Å². The van der Waals surface area contributed by atoms with E-state index in [-0.39, 0.29) is 46.6 Å². The molecule has 1 fully saturated rings. The molecular weight excluding hydrogens is 487 g/mol. The van der Waals surface area contributed by atoms with E-state index >= 15 is 0 Å². The Kier molecular flexibility index (Phi) is 7.98. The van der Waals surface area contributed by atoms with Crippen LogP contribution in [0.1, 0.15) is 38.7 Å². The number of rotatable bonds is 7. The predicted octanol–water partition coefficient (Wildman–Crippen LogP) is 5.44. The molecule has 3 aromatic rings. The van der Waals surface area contributed by atoms with Crippen LogP contribution in [0.4, 0.5) is 20.6 Å². The van der Waals surface area contributed by atoms with Crippen molar-refractivity contribution in [1.29, 1.82) is 0 Å². The van der Waals surface area contributed by atoms with Gasteiger partial charge in [0.2, 0.25) is 5.88 Å². The number of anilines is 2. The lowest BCUT2D eigenvalue weighted by Gasteiger charge is -2.31. The monoisotopic (exact) mass is 516 g/mol. The Bertz CT molecular complexity index is 1300. The van der Waals surface area contributed by atoms with Crippen LogP contribution in [-0.2, 0) is 11.3 Å². The Morgan fingerprint density at radius 3 is 2.61 bits per heavy atom. The fourth-order valence-electron chi connectivity index (χ4n) is 4.31. The third-order valence-corrected chi connectivity index (χ3v) is 6.45. The number of piperidine rings is 1. The predicted molar refractivity (Wildman–Crippen MR) is 139 cm³/mol. The smallest absolute Gasteiger partial charge is 0.411 e. The minimum Gasteiger partial charge on any atom is -0.481 e. The van der Waals surface area contributed by atoms with Gasteiger partial charge in [-0.1, -0.05) is 31.5 Å². The molecule has 0 radical (unpaired) electrons.